The third kappa shape index (κ3) is 2.85. The van der Waals surface area contributed by atoms with Gasteiger partial charge < -0.3 is 5.32 Å². The first-order valence-corrected chi connectivity index (χ1v) is 6.89. The number of rotatable bonds is 2. The minimum absolute atomic E-state index is 0.186. The van der Waals surface area contributed by atoms with Crippen LogP contribution in [0.2, 0.25) is 0 Å². The van der Waals surface area contributed by atoms with Crippen molar-refractivity contribution in [1.82, 2.24) is 5.32 Å². The van der Waals surface area contributed by atoms with Gasteiger partial charge in [0.15, 0.2) is 0 Å². The van der Waals surface area contributed by atoms with E-state index in [1.54, 1.807) is 0 Å². The van der Waals surface area contributed by atoms with Gasteiger partial charge in [0.25, 0.3) is 0 Å². The molecule has 0 aliphatic carbocycles. The van der Waals surface area contributed by atoms with E-state index in [0.717, 1.165) is 24.2 Å². The van der Waals surface area contributed by atoms with E-state index < -0.39 is 0 Å². The lowest BCUT2D eigenvalue weighted by Gasteiger charge is -2.23. The molecule has 1 fully saturated rings. The molecule has 1 aliphatic rings. The number of piperidine rings is 1. The standard InChI is InChI=1S/C17H18FN/c18-17-9-7-14(8-10-17)13-3-5-15(6-4-13)16-2-1-11-19-12-16/h3-10,16,19H,1-2,11-12H2. The SMILES string of the molecule is Fc1ccc(-c2ccc(C3CCCNC3)cc2)cc1. The molecule has 0 amide bonds. The quantitative estimate of drug-likeness (QED) is 0.856. The highest BCUT2D eigenvalue weighted by Gasteiger charge is 2.14. The molecule has 1 unspecified atom stereocenters. The van der Waals surface area contributed by atoms with Crippen molar-refractivity contribution in [3.8, 4) is 11.1 Å². The Hall–Kier alpha value is -1.67. The molecule has 1 N–H and O–H groups in total. The Balaban J connectivity index is 1.80. The van der Waals surface area contributed by atoms with Crippen molar-refractivity contribution < 1.29 is 4.39 Å². The number of nitrogens with one attached hydrogen (secondary N) is 1. The average molecular weight is 255 g/mol. The van der Waals surface area contributed by atoms with Crippen molar-refractivity contribution >= 4 is 0 Å². The molecular weight excluding hydrogens is 237 g/mol. The molecule has 1 atom stereocenters. The Morgan fingerprint density at radius 3 is 2.11 bits per heavy atom. The zero-order chi connectivity index (χ0) is 13.1. The second-order valence-electron chi connectivity index (χ2n) is 5.17. The van der Waals surface area contributed by atoms with Gasteiger partial charge in [0.05, 0.1) is 0 Å². The van der Waals surface area contributed by atoms with Crippen LogP contribution in [0.5, 0.6) is 0 Å². The fraction of sp³-hybridized carbons (Fsp3) is 0.294. The van der Waals surface area contributed by atoms with Gasteiger partial charge in [-0.05, 0) is 54.1 Å². The molecule has 98 valence electrons. The molecule has 0 saturated carbocycles. The maximum Gasteiger partial charge on any atom is 0.123 e. The summed E-state index contributed by atoms with van der Waals surface area (Å²) >= 11 is 0. The van der Waals surface area contributed by atoms with Crippen LogP contribution in [0, 0.1) is 5.82 Å². The molecule has 0 radical (unpaired) electrons. The smallest absolute Gasteiger partial charge is 0.123 e. The van der Waals surface area contributed by atoms with E-state index >= 15 is 0 Å². The summed E-state index contributed by atoms with van der Waals surface area (Å²) in [5, 5.41) is 3.44. The van der Waals surface area contributed by atoms with Crippen molar-refractivity contribution in [2.24, 2.45) is 0 Å². The van der Waals surface area contributed by atoms with E-state index in [2.05, 4.69) is 29.6 Å². The average Bonchev–Trinajstić information content (AvgIpc) is 2.49. The van der Waals surface area contributed by atoms with Crippen LogP contribution in [-0.4, -0.2) is 13.1 Å². The summed E-state index contributed by atoms with van der Waals surface area (Å²) in [7, 11) is 0. The molecule has 2 aromatic rings. The van der Waals surface area contributed by atoms with Gasteiger partial charge in [0.1, 0.15) is 5.82 Å². The summed E-state index contributed by atoms with van der Waals surface area (Å²) in [5.74, 6) is 0.449. The summed E-state index contributed by atoms with van der Waals surface area (Å²) < 4.78 is 12.9. The fourth-order valence-electron chi connectivity index (χ4n) is 2.73. The van der Waals surface area contributed by atoms with E-state index in [0.29, 0.717) is 5.92 Å². The number of benzene rings is 2. The predicted molar refractivity (Wildman–Crippen MR) is 76.7 cm³/mol. The van der Waals surface area contributed by atoms with E-state index in [4.69, 9.17) is 0 Å². The molecule has 0 bridgehead atoms. The van der Waals surface area contributed by atoms with Crippen LogP contribution < -0.4 is 5.32 Å². The molecule has 1 saturated heterocycles. The normalized spacial score (nSPS) is 19.3. The van der Waals surface area contributed by atoms with Crippen LogP contribution in [-0.2, 0) is 0 Å². The molecule has 0 aromatic heterocycles. The van der Waals surface area contributed by atoms with Gasteiger partial charge in [-0.1, -0.05) is 36.4 Å². The minimum atomic E-state index is -0.186. The van der Waals surface area contributed by atoms with Crippen LogP contribution in [0.25, 0.3) is 11.1 Å². The van der Waals surface area contributed by atoms with E-state index in [1.165, 1.54) is 30.5 Å². The third-order valence-corrected chi connectivity index (χ3v) is 3.86. The second-order valence-corrected chi connectivity index (χ2v) is 5.17. The predicted octanol–water partition coefficient (Wildman–Crippen LogP) is 3.96. The first-order valence-electron chi connectivity index (χ1n) is 6.89. The first-order chi connectivity index (χ1) is 9.33. The molecule has 3 rings (SSSR count). The largest absolute Gasteiger partial charge is 0.316 e. The van der Waals surface area contributed by atoms with Crippen LogP contribution in [0.3, 0.4) is 0 Å². The molecule has 1 heterocycles. The lowest BCUT2D eigenvalue weighted by molar-refractivity contribution is 0.461. The number of hydrogen-bond donors (Lipinski definition) is 1. The lowest BCUT2D eigenvalue weighted by Crippen LogP contribution is -2.28. The summed E-state index contributed by atoms with van der Waals surface area (Å²) in [6, 6.07) is 15.3. The van der Waals surface area contributed by atoms with Gasteiger partial charge in [0.2, 0.25) is 0 Å². The lowest BCUT2D eigenvalue weighted by atomic mass is 9.90. The van der Waals surface area contributed by atoms with Crippen molar-refractivity contribution in [3.63, 3.8) is 0 Å². The monoisotopic (exact) mass is 255 g/mol. The number of hydrogen-bond acceptors (Lipinski definition) is 1. The zero-order valence-corrected chi connectivity index (χ0v) is 10.9. The topological polar surface area (TPSA) is 12.0 Å². The summed E-state index contributed by atoms with van der Waals surface area (Å²) in [4.78, 5) is 0. The fourth-order valence-corrected chi connectivity index (χ4v) is 2.73. The summed E-state index contributed by atoms with van der Waals surface area (Å²) in [5.41, 5.74) is 3.61. The maximum atomic E-state index is 12.9. The van der Waals surface area contributed by atoms with Crippen molar-refractivity contribution in [3.05, 3.63) is 59.9 Å². The Kier molecular flexibility index (Phi) is 3.60. The molecule has 1 aliphatic heterocycles. The Morgan fingerprint density at radius 1 is 0.895 bits per heavy atom. The van der Waals surface area contributed by atoms with Crippen LogP contribution in [0.15, 0.2) is 48.5 Å². The highest BCUT2D eigenvalue weighted by molar-refractivity contribution is 5.63. The van der Waals surface area contributed by atoms with Gasteiger partial charge in [-0.25, -0.2) is 4.39 Å². The molecule has 2 aromatic carbocycles. The third-order valence-electron chi connectivity index (χ3n) is 3.86. The Morgan fingerprint density at radius 2 is 1.53 bits per heavy atom. The van der Waals surface area contributed by atoms with Crippen LogP contribution >= 0.6 is 0 Å². The van der Waals surface area contributed by atoms with Gasteiger partial charge in [-0.2, -0.15) is 0 Å². The Labute approximate surface area is 113 Å². The van der Waals surface area contributed by atoms with Crippen molar-refractivity contribution in [1.29, 1.82) is 0 Å². The van der Waals surface area contributed by atoms with Gasteiger partial charge in [-0.3, -0.25) is 0 Å². The van der Waals surface area contributed by atoms with Gasteiger partial charge in [-0.15, -0.1) is 0 Å². The maximum absolute atomic E-state index is 12.9. The van der Waals surface area contributed by atoms with Crippen LogP contribution in [0.4, 0.5) is 4.39 Å². The number of halogens is 1. The Bertz CT molecular complexity index is 524. The summed E-state index contributed by atoms with van der Waals surface area (Å²) in [6.45, 7) is 2.22. The highest BCUT2D eigenvalue weighted by atomic mass is 19.1. The van der Waals surface area contributed by atoms with Gasteiger partial charge in [0, 0.05) is 6.54 Å². The highest BCUT2D eigenvalue weighted by Crippen LogP contribution is 2.26. The second kappa shape index (κ2) is 5.54. The summed E-state index contributed by atoms with van der Waals surface area (Å²) in [6.07, 6.45) is 2.52. The molecule has 2 heteroatoms. The molecule has 19 heavy (non-hydrogen) atoms. The molecule has 1 nitrogen and oxygen atoms in total. The van der Waals surface area contributed by atoms with E-state index in [-0.39, 0.29) is 5.82 Å². The molecule has 0 spiro atoms. The van der Waals surface area contributed by atoms with Crippen molar-refractivity contribution in [2.75, 3.05) is 13.1 Å². The minimum Gasteiger partial charge on any atom is -0.316 e. The van der Waals surface area contributed by atoms with E-state index in [1.807, 2.05) is 12.1 Å². The van der Waals surface area contributed by atoms with Gasteiger partial charge >= 0.3 is 0 Å². The zero-order valence-electron chi connectivity index (χ0n) is 10.9. The van der Waals surface area contributed by atoms with Crippen LogP contribution in [0.1, 0.15) is 24.3 Å². The van der Waals surface area contributed by atoms with E-state index in [9.17, 15) is 4.39 Å². The van der Waals surface area contributed by atoms with Crippen molar-refractivity contribution in [2.45, 2.75) is 18.8 Å². The molecular formula is C17H18FN. The first kappa shape index (κ1) is 12.4.